The van der Waals surface area contributed by atoms with Crippen molar-refractivity contribution in [3.8, 4) is 5.75 Å². The molecule has 0 radical (unpaired) electrons. The van der Waals surface area contributed by atoms with Gasteiger partial charge in [0, 0.05) is 14.5 Å². The van der Waals surface area contributed by atoms with Crippen molar-refractivity contribution < 1.29 is 9.53 Å². The van der Waals surface area contributed by atoms with E-state index in [1.54, 1.807) is 6.21 Å². The van der Waals surface area contributed by atoms with E-state index in [9.17, 15) is 4.79 Å². The van der Waals surface area contributed by atoms with Crippen LogP contribution >= 0.6 is 31.9 Å². The molecule has 23 heavy (non-hydrogen) atoms. The lowest BCUT2D eigenvalue weighted by molar-refractivity contribution is -0.120. The van der Waals surface area contributed by atoms with Crippen molar-refractivity contribution in [2.45, 2.75) is 13.3 Å². The molecule has 120 valence electrons. The van der Waals surface area contributed by atoms with Crippen LogP contribution in [0.15, 0.2) is 56.5 Å². The number of hydrogen-bond acceptors (Lipinski definition) is 3. The number of carbonyl (C=O) groups is 1. The fourth-order valence-corrected chi connectivity index (χ4v) is 2.55. The number of benzene rings is 2. The Bertz CT molecular complexity index is 700. The number of hydrogen-bond donors (Lipinski definition) is 1. The summed E-state index contributed by atoms with van der Waals surface area (Å²) < 4.78 is 7.43. The summed E-state index contributed by atoms with van der Waals surface area (Å²) in [7, 11) is 0. The zero-order valence-corrected chi connectivity index (χ0v) is 15.7. The molecular weight excluding hydrogens is 424 g/mol. The third kappa shape index (κ3) is 5.80. The Labute approximate surface area is 152 Å². The molecule has 1 amide bonds. The van der Waals surface area contributed by atoms with Gasteiger partial charge in [-0.25, -0.2) is 5.43 Å². The summed E-state index contributed by atoms with van der Waals surface area (Å²) in [5, 5.41) is 4.00. The normalized spacial score (nSPS) is 10.7. The van der Waals surface area contributed by atoms with Crippen molar-refractivity contribution in [1.82, 2.24) is 5.43 Å². The molecule has 0 aliphatic carbocycles. The summed E-state index contributed by atoms with van der Waals surface area (Å²) in [6.07, 6.45) is 1.86. The Morgan fingerprint density at radius 1 is 1.17 bits per heavy atom. The minimum Gasteiger partial charge on any atom is -0.493 e. The van der Waals surface area contributed by atoms with Gasteiger partial charge in [-0.3, -0.25) is 4.79 Å². The number of halogens is 2. The quantitative estimate of drug-likeness (QED) is 0.538. The first-order valence-electron chi connectivity index (χ1n) is 7.07. The SMILES string of the molecule is CCOc1ccc(Br)cc1/C=N\NC(=O)Cc1ccc(Br)cc1. The van der Waals surface area contributed by atoms with Gasteiger partial charge in [-0.15, -0.1) is 0 Å². The Morgan fingerprint density at radius 3 is 2.57 bits per heavy atom. The molecule has 2 rings (SSSR count). The van der Waals surface area contributed by atoms with E-state index in [4.69, 9.17) is 4.74 Å². The van der Waals surface area contributed by atoms with Gasteiger partial charge in [0.1, 0.15) is 5.75 Å². The molecule has 2 aromatic carbocycles. The third-order valence-electron chi connectivity index (χ3n) is 2.94. The summed E-state index contributed by atoms with van der Waals surface area (Å²) in [5.41, 5.74) is 4.26. The van der Waals surface area contributed by atoms with Gasteiger partial charge in [-0.1, -0.05) is 44.0 Å². The van der Waals surface area contributed by atoms with Gasteiger partial charge in [0.05, 0.1) is 19.2 Å². The molecule has 2 aromatic rings. The van der Waals surface area contributed by atoms with Crippen molar-refractivity contribution in [1.29, 1.82) is 0 Å². The molecule has 0 saturated heterocycles. The van der Waals surface area contributed by atoms with Crippen LogP contribution in [0.25, 0.3) is 0 Å². The number of nitrogens with one attached hydrogen (secondary N) is 1. The van der Waals surface area contributed by atoms with Gasteiger partial charge < -0.3 is 4.74 Å². The fourth-order valence-electron chi connectivity index (χ4n) is 1.91. The van der Waals surface area contributed by atoms with Crippen LogP contribution in [0.3, 0.4) is 0 Å². The van der Waals surface area contributed by atoms with E-state index in [2.05, 4.69) is 42.4 Å². The van der Waals surface area contributed by atoms with Crippen molar-refractivity contribution in [3.05, 3.63) is 62.5 Å². The minimum atomic E-state index is -0.170. The van der Waals surface area contributed by atoms with Gasteiger partial charge in [0.2, 0.25) is 5.91 Å². The van der Waals surface area contributed by atoms with Crippen LogP contribution in [0.1, 0.15) is 18.1 Å². The molecule has 0 aliphatic heterocycles. The average Bonchev–Trinajstić information content (AvgIpc) is 2.52. The number of hydrazone groups is 1. The maximum atomic E-state index is 11.9. The molecular formula is C17H16Br2N2O2. The Morgan fingerprint density at radius 2 is 1.87 bits per heavy atom. The van der Waals surface area contributed by atoms with E-state index in [1.165, 1.54) is 0 Å². The van der Waals surface area contributed by atoms with Crippen LogP contribution in [0.5, 0.6) is 5.75 Å². The summed E-state index contributed by atoms with van der Waals surface area (Å²) >= 11 is 6.77. The zero-order chi connectivity index (χ0) is 16.7. The van der Waals surface area contributed by atoms with E-state index >= 15 is 0 Å². The highest BCUT2D eigenvalue weighted by Gasteiger charge is 2.04. The van der Waals surface area contributed by atoms with Crippen molar-refractivity contribution in [3.63, 3.8) is 0 Å². The average molecular weight is 440 g/mol. The summed E-state index contributed by atoms with van der Waals surface area (Å²) in [6.45, 7) is 2.49. The van der Waals surface area contributed by atoms with Crippen LogP contribution < -0.4 is 10.2 Å². The predicted octanol–water partition coefficient (Wildman–Crippen LogP) is 4.30. The Balaban J connectivity index is 1.97. The van der Waals surface area contributed by atoms with Crippen LogP contribution in [-0.4, -0.2) is 18.7 Å². The number of amides is 1. The lowest BCUT2D eigenvalue weighted by Gasteiger charge is -2.07. The molecule has 0 saturated carbocycles. The second-order valence-electron chi connectivity index (χ2n) is 4.71. The Hall–Kier alpha value is -1.66. The second kappa shape index (κ2) is 8.84. The van der Waals surface area contributed by atoms with Crippen molar-refractivity contribution in [2.75, 3.05) is 6.61 Å². The summed E-state index contributed by atoms with van der Waals surface area (Å²) in [5.74, 6) is 0.554. The highest BCUT2D eigenvalue weighted by Crippen LogP contribution is 2.21. The molecule has 6 heteroatoms. The Kier molecular flexibility index (Phi) is 6.80. The maximum Gasteiger partial charge on any atom is 0.244 e. The first-order chi connectivity index (χ1) is 11.1. The van der Waals surface area contributed by atoms with Crippen LogP contribution in [0.4, 0.5) is 0 Å². The summed E-state index contributed by atoms with van der Waals surface area (Å²) in [4.78, 5) is 11.9. The molecule has 0 aliphatic rings. The number of ether oxygens (including phenoxy) is 1. The highest BCUT2D eigenvalue weighted by molar-refractivity contribution is 9.10. The lowest BCUT2D eigenvalue weighted by Crippen LogP contribution is -2.19. The molecule has 0 heterocycles. The van der Waals surface area contributed by atoms with Crippen LogP contribution in [0.2, 0.25) is 0 Å². The van der Waals surface area contributed by atoms with Gasteiger partial charge >= 0.3 is 0 Å². The molecule has 0 spiro atoms. The predicted molar refractivity (Wildman–Crippen MR) is 98.9 cm³/mol. The molecule has 0 fully saturated rings. The highest BCUT2D eigenvalue weighted by atomic mass is 79.9. The van der Waals surface area contributed by atoms with Gasteiger partial charge in [-0.05, 0) is 42.8 Å². The van der Waals surface area contributed by atoms with E-state index < -0.39 is 0 Å². The van der Waals surface area contributed by atoms with E-state index in [1.807, 2.05) is 49.4 Å². The standard InChI is InChI=1S/C17H16Br2N2O2/c1-2-23-16-8-7-15(19)10-13(16)11-20-21-17(22)9-12-3-5-14(18)6-4-12/h3-8,10-11H,2,9H2,1H3,(H,21,22)/b20-11-. The smallest absolute Gasteiger partial charge is 0.244 e. The molecule has 1 N–H and O–H groups in total. The van der Waals surface area contributed by atoms with Gasteiger partial charge in [0.25, 0.3) is 0 Å². The lowest BCUT2D eigenvalue weighted by atomic mass is 10.1. The molecule has 0 aromatic heterocycles. The largest absolute Gasteiger partial charge is 0.493 e. The molecule has 0 unspecified atom stereocenters. The maximum absolute atomic E-state index is 11.9. The monoisotopic (exact) mass is 438 g/mol. The zero-order valence-electron chi connectivity index (χ0n) is 12.6. The van der Waals surface area contributed by atoms with Crippen molar-refractivity contribution in [2.24, 2.45) is 5.10 Å². The minimum absolute atomic E-state index is 0.170. The number of nitrogens with zero attached hydrogens (tertiary/aromatic N) is 1. The number of rotatable bonds is 6. The van der Waals surface area contributed by atoms with Gasteiger partial charge in [-0.2, -0.15) is 5.10 Å². The molecule has 0 atom stereocenters. The first-order valence-corrected chi connectivity index (χ1v) is 8.65. The molecule has 0 bridgehead atoms. The van der Waals surface area contributed by atoms with Crippen molar-refractivity contribution >= 4 is 44.0 Å². The second-order valence-corrected chi connectivity index (χ2v) is 6.54. The van der Waals surface area contributed by atoms with Crippen LogP contribution in [0, 0.1) is 0 Å². The number of carbonyl (C=O) groups excluding carboxylic acids is 1. The van der Waals surface area contributed by atoms with E-state index in [-0.39, 0.29) is 12.3 Å². The first kappa shape index (κ1) is 17.7. The third-order valence-corrected chi connectivity index (χ3v) is 3.96. The van der Waals surface area contributed by atoms with Gasteiger partial charge in [0.15, 0.2) is 0 Å². The molecule has 4 nitrogen and oxygen atoms in total. The fraction of sp³-hybridized carbons (Fsp3) is 0.176. The van der Waals surface area contributed by atoms with E-state index in [0.29, 0.717) is 6.61 Å². The summed E-state index contributed by atoms with van der Waals surface area (Å²) in [6, 6.07) is 13.2. The topological polar surface area (TPSA) is 50.7 Å². The van der Waals surface area contributed by atoms with E-state index in [0.717, 1.165) is 25.8 Å². The van der Waals surface area contributed by atoms with Crippen LogP contribution in [-0.2, 0) is 11.2 Å².